The number of nitrogens with one attached hydrogen (secondary N) is 1. The lowest BCUT2D eigenvalue weighted by Gasteiger charge is -2.14. The summed E-state index contributed by atoms with van der Waals surface area (Å²) < 4.78 is 49.0. The molecule has 0 aliphatic heterocycles. The zero-order valence-electron chi connectivity index (χ0n) is 11.5. The van der Waals surface area contributed by atoms with Gasteiger partial charge in [-0.15, -0.1) is 0 Å². The molecule has 0 bridgehead atoms. The molecule has 118 valence electrons. The molecule has 0 aliphatic carbocycles. The number of rotatable bonds is 8. The number of benzene rings is 1. The van der Waals surface area contributed by atoms with Gasteiger partial charge in [-0.3, -0.25) is 4.79 Å². The Morgan fingerprint density at radius 2 is 2.10 bits per heavy atom. The molecule has 1 aromatic carbocycles. The van der Waals surface area contributed by atoms with Gasteiger partial charge in [-0.05, 0) is 24.6 Å². The highest BCUT2D eigenvalue weighted by atomic mass is 32.2. The van der Waals surface area contributed by atoms with Crippen molar-refractivity contribution in [3.63, 3.8) is 0 Å². The number of carboxylic acid groups (broad SMARTS) is 1. The number of ether oxygens (including phenoxy) is 2. The molecule has 0 radical (unpaired) electrons. The van der Waals surface area contributed by atoms with Crippen molar-refractivity contribution in [2.45, 2.75) is 17.4 Å². The van der Waals surface area contributed by atoms with Gasteiger partial charge in [0.2, 0.25) is 10.0 Å². The summed E-state index contributed by atoms with van der Waals surface area (Å²) >= 11 is 0. The van der Waals surface area contributed by atoms with Crippen molar-refractivity contribution in [1.82, 2.24) is 4.72 Å². The van der Waals surface area contributed by atoms with Gasteiger partial charge in [-0.1, -0.05) is 0 Å². The van der Waals surface area contributed by atoms with Crippen LogP contribution >= 0.6 is 0 Å². The van der Waals surface area contributed by atoms with Crippen LogP contribution < -0.4 is 9.46 Å². The highest BCUT2D eigenvalue weighted by Gasteiger charge is 2.25. The molecular weight excluding hydrogens is 305 g/mol. The molecule has 2 N–H and O–H groups in total. The highest BCUT2D eigenvalue weighted by Crippen LogP contribution is 2.20. The smallest absolute Gasteiger partial charge is 0.321 e. The van der Waals surface area contributed by atoms with Gasteiger partial charge >= 0.3 is 5.97 Å². The number of carbonyl (C=O) groups is 1. The third-order valence-corrected chi connectivity index (χ3v) is 4.11. The fourth-order valence-corrected chi connectivity index (χ4v) is 2.77. The van der Waals surface area contributed by atoms with E-state index in [1.807, 2.05) is 4.72 Å². The molecule has 9 heteroatoms. The minimum Gasteiger partial charge on any atom is -0.494 e. The maximum atomic E-state index is 13.5. The van der Waals surface area contributed by atoms with E-state index in [0.29, 0.717) is 0 Å². The van der Waals surface area contributed by atoms with Gasteiger partial charge in [-0.2, -0.15) is 4.72 Å². The Balaban J connectivity index is 2.99. The SMILES string of the molecule is COCCC(NS(=O)(=O)c1ccc(OC)c(F)c1)C(=O)O. The van der Waals surface area contributed by atoms with Crippen LogP contribution in [0.2, 0.25) is 0 Å². The Labute approximate surface area is 121 Å². The lowest BCUT2D eigenvalue weighted by atomic mass is 10.2. The number of carboxylic acids is 1. The first-order valence-electron chi connectivity index (χ1n) is 5.89. The average Bonchev–Trinajstić information content (AvgIpc) is 2.43. The van der Waals surface area contributed by atoms with Crippen LogP contribution in [0, 0.1) is 5.82 Å². The molecule has 1 rings (SSSR count). The molecule has 0 fully saturated rings. The van der Waals surface area contributed by atoms with Crippen molar-refractivity contribution in [2.24, 2.45) is 0 Å². The molecule has 1 unspecified atom stereocenters. The summed E-state index contributed by atoms with van der Waals surface area (Å²) in [7, 11) is -1.55. The van der Waals surface area contributed by atoms with Crippen molar-refractivity contribution in [3.05, 3.63) is 24.0 Å². The van der Waals surface area contributed by atoms with Crippen LogP contribution in [0.25, 0.3) is 0 Å². The minimum atomic E-state index is -4.16. The summed E-state index contributed by atoms with van der Waals surface area (Å²) in [5.41, 5.74) is 0. The second-order valence-corrected chi connectivity index (χ2v) is 5.80. The first-order valence-corrected chi connectivity index (χ1v) is 7.37. The van der Waals surface area contributed by atoms with E-state index in [0.717, 1.165) is 18.2 Å². The van der Waals surface area contributed by atoms with Crippen LogP contribution in [-0.2, 0) is 19.6 Å². The zero-order valence-corrected chi connectivity index (χ0v) is 12.3. The van der Waals surface area contributed by atoms with E-state index in [4.69, 9.17) is 9.84 Å². The molecule has 1 atom stereocenters. The van der Waals surface area contributed by atoms with Crippen molar-refractivity contribution in [3.8, 4) is 5.75 Å². The third-order valence-electron chi connectivity index (χ3n) is 2.64. The first-order chi connectivity index (χ1) is 9.81. The van der Waals surface area contributed by atoms with Crippen molar-refractivity contribution in [2.75, 3.05) is 20.8 Å². The van der Waals surface area contributed by atoms with Crippen molar-refractivity contribution < 1.29 is 32.2 Å². The van der Waals surface area contributed by atoms with Crippen molar-refractivity contribution in [1.29, 1.82) is 0 Å². The maximum Gasteiger partial charge on any atom is 0.321 e. The fraction of sp³-hybridized carbons (Fsp3) is 0.417. The van der Waals surface area contributed by atoms with Gasteiger partial charge in [-0.25, -0.2) is 12.8 Å². The molecular formula is C12H16FNO6S. The quantitative estimate of drug-likeness (QED) is 0.727. The van der Waals surface area contributed by atoms with E-state index >= 15 is 0 Å². The molecule has 1 aromatic rings. The van der Waals surface area contributed by atoms with Crippen LogP contribution in [0.15, 0.2) is 23.1 Å². The Hall–Kier alpha value is -1.71. The highest BCUT2D eigenvalue weighted by molar-refractivity contribution is 7.89. The van der Waals surface area contributed by atoms with Gasteiger partial charge < -0.3 is 14.6 Å². The molecule has 0 saturated heterocycles. The summed E-state index contributed by atoms with van der Waals surface area (Å²) in [5.74, 6) is -2.31. The van der Waals surface area contributed by atoms with Crippen molar-refractivity contribution >= 4 is 16.0 Å². The maximum absolute atomic E-state index is 13.5. The standard InChI is InChI=1S/C12H16FNO6S/c1-19-6-5-10(12(15)16)14-21(17,18)8-3-4-11(20-2)9(13)7-8/h3-4,7,10,14H,5-6H2,1-2H3,(H,15,16). The summed E-state index contributed by atoms with van der Waals surface area (Å²) in [6, 6.07) is 1.67. The monoisotopic (exact) mass is 321 g/mol. The number of hydrogen-bond donors (Lipinski definition) is 2. The van der Waals surface area contributed by atoms with Gasteiger partial charge in [0.1, 0.15) is 6.04 Å². The summed E-state index contributed by atoms with van der Waals surface area (Å²) in [5, 5.41) is 8.97. The normalized spacial score (nSPS) is 12.9. The van der Waals surface area contributed by atoms with E-state index in [9.17, 15) is 17.6 Å². The summed E-state index contributed by atoms with van der Waals surface area (Å²) in [4.78, 5) is 10.6. The first kappa shape index (κ1) is 17.3. The van der Waals surface area contributed by atoms with Gasteiger partial charge in [0, 0.05) is 13.7 Å². The van der Waals surface area contributed by atoms with E-state index in [1.165, 1.54) is 14.2 Å². The predicted octanol–water partition coefficient (Wildman–Crippen LogP) is 0.602. The Morgan fingerprint density at radius 3 is 2.57 bits per heavy atom. The van der Waals surface area contributed by atoms with Gasteiger partial charge in [0.15, 0.2) is 11.6 Å². The number of hydrogen-bond acceptors (Lipinski definition) is 5. The molecule has 0 aromatic heterocycles. The largest absolute Gasteiger partial charge is 0.494 e. The average molecular weight is 321 g/mol. The topological polar surface area (TPSA) is 102 Å². The van der Waals surface area contributed by atoms with Crippen LogP contribution in [0.4, 0.5) is 4.39 Å². The summed E-state index contributed by atoms with van der Waals surface area (Å²) in [6.45, 7) is 0.0659. The van der Waals surface area contributed by atoms with Crippen LogP contribution in [-0.4, -0.2) is 46.4 Å². The number of sulfonamides is 1. The van der Waals surface area contributed by atoms with Gasteiger partial charge in [0.25, 0.3) is 0 Å². The van der Waals surface area contributed by atoms with Crippen LogP contribution in [0.1, 0.15) is 6.42 Å². The predicted molar refractivity (Wildman–Crippen MR) is 71.2 cm³/mol. The van der Waals surface area contributed by atoms with E-state index in [1.54, 1.807) is 0 Å². The minimum absolute atomic E-state index is 0.0519. The second kappa shape index (κ2) is 7.34. The van der Waals surface area contributed by atoms with Gasteiger partial charge in [0.05, 0.1) is 12.0 Å². The molecule has 0 aliphatic rings. The number of methoxy groups -OCH3 is 2. The second-order valence-electron chi connectivity index (χ2n) is 4.09. The van der Waals surface area contributed by atoms with E-state index in [-0.39, 0.29) is 23.7 Å². The zero-order chi connectivity index (χ0) is 16.0. The molecule has 0 amide bonds. The lowest BCUT2D eigenvalue weighted by molar-refractivity contribution is -0.139. The Kier molecular flexibility index (Phi) is 6.06. The molecule has 0 heterocycles. The number of halogens is 1. The number of aliphatic carboxylic acids is 1. The van der Waals surface area contributed by atoms with E-state index < -0.39 is 27.9 Å². The van der Waals surface area contributed by atoms with Crippen LogP contribution in [0.3, 0.4) is 0 Å². The Morgan fingerprint density at radius 1 is 1.43 bits per heavy atom. The van der Waals surface area contributed by atoms with E-state index in [2.05, 4.69) is 4.74 Å². The summed E-state index contributed by atoms with van der Waals surface area (Å²) in [6.07, 6.45) is -0.0519. The molecule has 0 saturated carbocycles. The Bertz CT molecular complexity index is 604. The van der Waals surface area contributed by atoms with Crippen LogP contribution in [0.5, 0.6) is 5.75 Å². The molecule has 21 heavy (non-hydrogen) atoms. The third kappa shape index (κ3) is 4.66. The molecule has 7 nitrogen and oxygen atoms in total. The lowest BCUT2D eigenvalue weighted by Crippen LogP contribution is -2.41. The fourth-order valence-electron chi connectivity index (χ4n) is 1.54. The molecule has 0 spiro atoms.